The highest BCUT2D eigenvalue weighted by atomic mass is 79.9. The highest BCUT2D eigenvalue weighted by molar-refractivity contribution is 9.11. The summed E-state index contributed by atoms with van der Waals surface area (Å²) in [6, 6.07) is 2.19. The number of carbonyl (C=O) groups is 1. The van der Waals surface area contributed by atoms with Gasteiger partial charge in [-0.1, -0.05) is 15.9 Å². The van der Waals surface area contributed by atoms with E-state index in [0.29, 0.717) is 8.95 Å². The lowest BCUT2D eigenvalue weighted by atomic mass is 10.1. The SMILES string of the molecule is NC(Cc1cc(Br)c(O)cc1Br)C(=O)O. The van der Waals surface area contributed by atoms with Crippen molar-refractivity contribution in [3.63, 3.8) is 0 Å². The van der Waals surface area contributed by atoms with E-state index in [0.717, 1.165) is 5.56 Å². The fourth-order valence-electron chi connectivity index (χ4n) is 1.06. The fraction of sp³-hybridized carbons (Fsp3) is 0.222. The number of phenols is 1. The number of hydrogen-bond acceptors (Lipinski definition) is 3. The second-order valence-electron chi connectivity index (χ2n) is 3.04. The highest BCUT2D eigenvalue weighted by Gasteiger charge is 2.15. The van der Waals surface area contributed by atoms with E-state index in [1.165, 1.54) is 6.07 Å². The zero-order valence-corrected chi connectivity index (χ0v) is 10.7. The number of nitrogens with two attached hydrogens (primary N) is 1. The van der Waals surface area contributed by atoms with Gasteiger partial charge in [-0.3, -0.25) is 4.79 Å². The van der Waals surface area contributed by atoms with Gasteiger partial charge < -0.3 is 15.9 Å². The molecule has 0 amide bonds. The molecule has 0 saturated carbocycles. The van der Waals surface area contributed by atoms with Gasteiger partial charge in [0.2, 0.25) is 0 Å². The maximum absolute atomic E-state index is 10.6. The summed E-state index contributed by atoms with van der Waals surface area (Å²) in [5.41, 5.74) is 6.14. The number of benzene rings is 1. The third-order valence-electron chi connectivity index (χ3n) is 1.87. The van der Waals surface area contributed by atoms with Crippen molar-refractivity contribution in [3.8, 4) is 5.75 Å². The highest BCUT2D eigenvalue weighted by Crippen LogP contribution is 2.31. The lowest BCUT2D eigenvalue weighted by Gasteiger charge is -2.09. The quantitative estimate of drug-likeness (QED) is 0.785. The first-order valence-electron chi connectivity index (χ1n) is 4.07. The molecular formula is C9H9Br2NO3. The third kappa shape index (κ3) is 3.19. The number of hydrogen-bond donors (Lipinski definition) is 3. The van der Waals surface area contributed by atoms with Crippen LogP contribution in [0.25, 0.3) is 0 Å². The summed E-state index contributed by atoms with van der Waals surface area (Å²) >= 11 is 6.38. The van der Waals surface area contributed by atoms with Crippen LogP contribution < -0.4 is 5.73 Å². The molecule has 4 N–H and O–H groups in total. The molecule has 0 fully saturated rings. The topological polar surface area (TPSA) is 83.5 Å². The minimum absolute atomic E-state index is 0.0921. The number of aliphatic carboxylic acids is 1. The van der Waals surface area contributed by atoms with Crippen LogP contribution in [0.4, 0.5) is 0 Å². The first kappa shape index (κ1) is 12.5. The molecule has 1 aromatic carbocycles. The molecule has 0 aliphatic carbocycles. The van der Waals surface area contributed by atoms with E-state index in [-0.39, 0.29) is 12.2 Å². The fourth-order valence-corrected chi connectivity index (χ4v) is 1.94. The molecule has 82 valence electrons. The minimum atomic E-state index is -1.05. The number of carboxylic acids is 1. The van der Waals surface area contributed by atoms with Crippen LogP contribution in [0.5, 0.6) is 5.75 Å². The lowest BCUT2D eigenvalue weighted by Crippen LogP contribution is -2.32. The van der Waals surface area contributed by atoms with Crippen LogP contribution in [0, 0.1) is 0 Å². The van der Waals surface area contributed by atoms with E-state index in [9.17, 15) is 9.90 Å². The smallest absolute Gasteiger partial charge is 0.320 e. The summed E-state index contributed by atoms with van der Waals surface area (Å²) in [5, 5.41) is 18.0. The van der Waals surface area contributed by atoms with Gasteiger partial charge in [0.25, 0.3) is 0 Å². The van der Waals surface area contributed by atoms with Gasteiger partial charge in [0.1, 0.15) is 11.8 Å². The normalized spacial score (nSPS) is 12.5. The van der Waals surface area contributed by atoms with E-state index < -0.39 is 12.0 Å². The molecule has 0 saturated heterocycles. The summed E-state index contributed by atoms with van der Waals surface area (Å²) in [4.78, 5) is 10.6. The molecule has 1 atom stereocenters. The molecule has 0 heterocycles. The molecule has 0 bridgehead atoms. The molecule has 0 aliphatic rings. The molecule has 0 radical (unpaired) electrons. The van der Waals surface area contributed by atoms with E-state index in [2.05, 4.69) is 31.9 Å². The zero-order valence-electron chi connectivity index (χ0n) is 7.58. The number of phenolic OH excluding ortho intramolecular Hbond substituents is 1. The molecule has 0 spiro atoms. The molecule has 6 heteroatoms. The van der Waals surface area contributed by atoms with Crippen LogP contribution in [-0.4, -0.2) is 22.2 Å². The van der Waals surface area contributed by atoms with Gasteiger partial charge in [-0.2, -0.15) is 0 Å². The summed E-state index contributed by atoms with van der Waals surface area (Å²) in [6.07, 6.45) is 0.203. The third-order valence-corrected chi connectivity index (χ3v) is 3.25. The van der Waals surface area contributed by atoms with Gasteiger partial charge in [-0.25, -0.2) is 0 Å². The van der Waals surface area contributed by atoms with Crippen LogP contribution >= 0.6 is 31.9 Å². The van der Waals surface area contributed by atoms with Gasteiger partial charge in [0.15, 0.2) is 0 Å². The van der Waals surface area contributed by atoms with Crippen LogP contribution in [0.2, 0.25) is 0 Å². The summed E-state index contributed by atoms with van der Waals surface area (Å²) in [7, 11) is 0. The summed E-state index contributed by atoms with van der Waals surface area (Å²) in [5.74, 6) is -0.958. The van der Waals surface area contributed by atoms with Gasteiger partial charge >= 0.3 is 5.97 Å². The number of rotatable bonds is 3. The van der Waals surface area contributed by atoms with Crippen LogP contribution in [-0.2, 0) is 11.2 Å². The Bertz CT molecular complexity index is 395. The van der Waals surface area contributed by atoms with Gasteiger partial charge in [-0.15, -0.1) is 0 Å². The maximum Gasteiger partial charge on any atom is 0.320 e. The number of aromatic hydroxyl groups is 1. The lowest BCUT2D eigenvalue weighted by molar-refractivity contribution is -0.138. The monoisotopic (exact) mass is 337 g/mol. The van der Waals surface area contributed by atoms with E-state index in [4.69, 9.17) is 10.8 Å². The van der Waals surface area contributed by atoms with Crippen LogP contribution in [0.1, 0.15) is 5.56 Å². The first-order valence-corrected chi connectivity index (χ1v) is 5.65. The second kappa shape index (κ2) is 4.96. The Morgan fingerprint density at radius 1 is 1.40 bits per heavy atom. The van der Waals surface area contributed by atoms with E-state index in [1.54, 1.807) is 6.07 Å². The number of halogens is 2. The molecule has 1 unspecified atom stereocenters. The first-order chi connectivity index (χ1) is 6.91. The van der Waals surface area contributed by atoms with E-state index in [1.807, 2.05) is 0 Å². The Hall–Kier alpha value is -0.590. The Morgan fingerprint density at radius 3 is 2.53 bits per heavy atom. The predicted octanol–water partition coefficient (Wildman–Crippen LogP) is 1.87. The Kier molecular flexibility index (Phi) is 4.12. The predicted molar refractivity (Wildman–Crippen MR) is 62.8 cm³/mol. The Labute approximate surface area is 103 Å². The molecule has 1 rings (SSSR count). The number of carboxylic acid groups (broad SMARTS) is 1. The largest absolute Gasteiger partial charge is 0.507 e. The second-order valence-corrected chi connectivity index (χ2v) is 4.75. The summed E-state index contributed by atoms with van der Waals surface area (Å²) in [6.45, 7) is 0. The molecule has 4 nitrogen and oxygen atoms in total. The van der Waals surface area contributed by atoms with Crippen LogP contribution in [0.3, 0.4) is 0 Å². The zero-order chi connectivity index (χ0) is 11.6. The van der Waals surface area contributed by atoms with Crippen molar-refractivity contribution in [3.05, 3.63) is 26.6 Å². The van der Waals surface area contributed by atoms with E-state index >= 15 is 0 Å². The Morgan fingerprint density at radius 2 is 2.00 bits per heavy atom. The van der Waals surface area contributed by atoms with Crippen molar-refractivity contribution >= 4 is 37.8 Å². The summed E-state index contributed by atoms with van der Waals surface area (Å²) < 4.78 is 1.15. The van der Waals surface area contributed by atoms with Crippen molar-refractivity contribution in [2.75, 3.05) is 0 Å². The van der Waals surface area contributed by atoms with Crippen molar-refractivity contribution in [1.29, 1.82) is 0 Å². The standard InChI is InChI=1S/C9H9Br2NO3/c10-5-3-8(13)6(11)1-4(5)2-7(12)9(14)15/h1,3,7,13H,2,12H2,(H,14,15). The molecule has 1 aromatic rings. The Balaban J connectivity index is 2.95. The van der Waals surface area contributed by atoms with Gasteiger partial charge in [0.05, 0.1) is 4.47 Å². The van der Waals surface area contributed by atoms with Crippen LogP contribution in [0.15, 0.2) is 21.1 Å². The maximum atomic E-state index is 10.6. The molecule has 15 heavy (non-hydrogen) atoms. The molecule has 0 aliphatic heterocycles. The van der Waals surface area contributed by atoms with Crippen molar-refractivity contribution < 1.29 is 15.0 Å². The van der Waals surface area contributed by atoms with Gasteiger partial charge in [-0.05, 0) is 40.0 Å². The average molecular weight is 339 g/mol. The van der Waals surface area contributed by atoms with Crippen molar-refractivity contribution in [2.45, 2.75) is 12.5 Å². The molecular weight excluding hydrogens is 330 g/mol. The van der Waals surface area contributed by atoms with Crippen molar-refractivity contribution in [1.82, 2.24) is 0 Å². The van der Waals surface area contributed by atoms with Gasteiger partial charge in [0, 0.05) is 4.47 Å². The average Bonchev–Trinajstić information content (AvgIpc) is 2.13. The van der Waals surface area contributed by atoms with Crippen molar-refractivity contribution in [2.24, 2.45) is 5.73 Å². The molecule has 0 aromatic heterocycles. The minimum Gasteiger partial charge on any atom is -0.507 e.